The van der Waals surface area contributed by atoms with E-state index in [1.165, 1.54) is 0 Å². The molecule has 6 nitrogen and oxygen atoms in total. The Morgan fingerprint density at radius 2 is 1.81 bits per heavy atom. The molecule has 4 aromatic rings. The number of pyridine rings is 1. The first kappa shape index (κ1) is 17.0. The number of aliphatic hydroxyl groups excluding tert-OH is 1. The molecule has 0 saturated heterocycles. The first-order valence-corrected chi connectivity index (χ1v) is 8.72. The van der Waals surface area contributed by atoms with Gasteiger partial charge in [0.2, 0.25) is 0 Å². The minimum atomic E-state index is -0.0173. The van der Waals surface area contributed by atoms with Crippen LogP contribution in [0.3, 0.4) is 0 Å². The summed E-state index contributed by atoms with van der Waals surface area (Å²) in [4.78, 5) is 4.55. The Hall–Kier alpha value is -2.41. The van der Waals surface area contributed by atoms with E-state index >= 15 is 0 Å². The Labute approximate surface area is 159 Å². The average molecular weight is 388 g/mol. The van der Waals surface area contributed by atoms with E-state index in [4.69, 9.17) is 23.2 Å². The summed E-state index contributed by atoms with van der Waals surface area (Å²) >= 11 is 12.4. The number of aromatic nitrogens is 5. The molecule has 3 aromatic heterocycles. The summed E-state index contributed by atoms with van der Waals surface area (Å²) in [6.45, 7) is 2.37. The average Bonchev–Trinajstić information content (AvgIpc) is 3.25. The summed E-state index contributed by atoms with van der Waals surface area (Å²) in [6, 6.07) is 7.45. The minimum Gasteiger partial charge on any atom is -0.392 e. The molecule has 0 saturated carbocycles. The maximum Gasteiger partial charge on any atom is 0.137 e. The largest absolute Gasteiger partial charge is 0.392 e. The Bertz CT molecular complexity index is 1080. The van der Waals surface area contributed by atoms with Gasteiger partial charge < -0.3 is 9.51 Å². The molecule has 1 N–H and O–H groups in total. The zero-order valence-corrected chi connectivity index (χ0v) is 15.4. The van der Waals surface area contributed by atoms with Gasteiger partial charge in [-0.2, -0.15) is 0 Å². The molecule has 3 heterocycles. The molecule has 132 valence electrons. The van der Waals surface area contributed by atoms with Gasteiger partial charge >= 0.3 is 0 Å². The highest BCUT2D eigenvalue weighted by Gasteiger charge is 2.11. The van der Waals surface area contributed by atoms with Crippen LogP contribution in [0.1, 0.15) is 16.7 Å². The van der Waals surface area contributed by atoms with Crippen LogP contribution in [0.25, 0.3) is 17.0 Å². The molecule has 0 atom stereocenters. The molecule has 0 bridgehead atoms. The number of nitrogens with zero attached hydrogens (tertiary/aromatic N) is 5. The zero-order valence-electron chi connectivity index (χ0n) is 13.9. The molecular formula is C18H15Cl2N5O. The van der Waals surface area contributed by atoms with Crippen molar-refractivity contribution < 1.29 is 5.11 Å². The molecule has 0 spiro atoms. The maximum absolute atomic E-state index is 9.24. The van der Waals surface area contributed by atoms with Gasteiger partial charge in [-0.3, -0.25) is 0 Å². The zero-order chi connectivity index (χ0) is 18.3. The van der Waals surface area contributed by atoms with Crippen molar-refractivity contribution in [3.8, 4) is 11.4 Å². The lowest BCUT2D eigenvalue weighted by Gasteiger charge is -2.06. The van der Waals surface area contributed by atoms with E-state index in [0.717, 1.165) is 22.3 Å². The summed E-state index contributed by atoms with van der Waals surface area (Å²) in [6.07, 6.45) is 5.57. The van der Waals surface area contributed by atoms with Crippen molar-refractivity contribution in [1.29, 1.82) is 0 Å². The normalized spacial score (nSPS) is 11.4. The predicted octanol–water partition coefficient (Wildman–Crippen LogP) is 3.75. The van der Waals surface area contributed by atoms with Crippen molar-refractivity contribution in [2.45, 2.75) is 20.1 Å². The molecule has 4 rings (SSSR count). The number of fused-ring (bicyclic) bond motifs is 1. The molecule has 0 aliphatic heterocycles. The van der Waals surface area contributed by atoms with Crippen molar-refractivity contribution in [2.75, 3.05) is 0 Å². The Morgan fingerprint density at radius 3 is 2.54 bits per heavy atom. The standard InChI is InChI=1S/C18H15Cl2N5O/c1-11-14(19)4-13(5-15(11)20)7-25-9-17(22-23-25)16-8-24-3-2-12(10-26)6-18(24)21-16/h2-6,8-9,26H,7,10H2,1H3. The van der Waals surface area contributed by atoms with Crippen LogP contribution in [0, 0.1) is 6.92 Å². The number of rotatable bonds is 4. The third-order valence-corrected chi connectivity index (χ3v) is 4.98. The van der Waals surface area contributed by atoms with Gasteiger partial charge in [0.1, 0.15) is 17.0 Å². The van der Waals surface area contributed by atoms with Crippen molar-refractivity contribution in [2.24, 2.45) is 0 Å². The Morgan fingerprint density at radius 1 is 1.04 bits per heavy atom. The van der Waals surface area contributed by atoms with Crippen LogP contribution in [-0.4, -0.2) is 29.5 Å². The second-order valence-electron chi connectivity index (χ2n) is 6.07. The fourth-order valence-corrected chi connectivity index (χ4v) is 3.25. The fraction of sp³-hybridized carbons (Fsp3) is 0.167. The molecule has 26 heavy (non-hydrogen) atoms. The van der Waals surface area contributed by atoms with Gasteiger partial charge in [0, 0.05) is 22.4 Å². The van der Waals surface area contributed by atoms with Gasteiger partial charge in [0.05, 0.1) is 19.3 Å². The van der Waals surface area contributed by atoms with Gasteiger partial charge in [-0.15, -0.1) is 5.10 Å². The second-order valence-corrected chi connectivity index (χ2v) is 6.88. The third kappa shape index (κ3) is 3.19. The quantitative estimate of drug-likeness (QED) is 0.578. The van der Waals surface area contributed by atoms with Gasteiger partial charge in [-0.25, -0.2) is 9.67 Å². The van der Waals surface area contributed by atoms with Gasteiger partial charge in [-0.1, -0.05) is 28.4 Å². The molecule has 0 fully saturated rings. The van der Waals surface area contributed by atoms with E-state index in [1.807, 2.05) is 54.2 Å². The minimum absolute atomic E-state index is 0.0173. The highest BCUT2D eigenvalue weighted by molar-refractivity contribution is 6.36. The van der Waals surface area contributed by atoms with Crippen LogP contribution in [-0.2, 0) is 13.2 Å². The van der Waals surface area contributed by atoms with Crippen LogP contribution < -0.4 is 0 Å². The molecule has 1 aromatic carbocycles. The number of imidazole rings is 1. The van der Waals surface area contributed by atoms with E-state index in [1.54, 1.807) is 4.68 Å². The number of aliphatic hydroxyl groups is 1. The van der Waals surface area contributed by atoms with Crippen LogP contribution in [0.4, 0.5) is 0 Å². The SMILES string of the molecule is Cc1c(Cl)cc(Cn2cc(-c3cn4ccc(CO)cc4n3)nn2)cc1Cl. The lowest BCUT2D eigenvalue weighted by Crippen LogP contribution is -2.01. The molecule has 0 radical (unpaired) electrons. The number of hydrogen-bond donors (Lipinski definition) is 1. The first-order chi connectivity index (χ1) is 12.5. The van der Waals surface area contributed by atoms with E-state index in [2.05, 4.69) is 15.3 Å². The monoisotopic (exact) mass is 387 g/mol. The van der Waals surface area contributed by atoms with Crippen LogP contribution in [0.15, 0.2) is 42.9 Å². The van der Waals surface area contributed by atoms with E-state index in [-0.39, 0.29) is 6.61 Å². The topological polar surface area (TPSA) is 68.2 Å². The Kier molecular flexibility index (Phi) is 4.40. The van der Waals surface area contributed by atoms with Crippen LogP contribution in [0.2, 0.25) is 10.0 Å². The summed E-state index contributed by atoms with van der Waals surface area (Å²) in [5, 5.41) is 18.9. The second kappa shape index (κ2) is 6.72. The fourth-order valence-electron chi connectivity index (χ4n) is 2.72. The maximum atomic E-state index is 9.24. The van der Waals surface area contributed by atoms with Crippen molar-refractivity contribution in [3.63, 3.8) is 0 Å². The molecule has 0 aliphatic carbocycles. The number of hydrogen-bond acceptors (Lipinski definition) is 4. The summed E-state index contributed by atoms with van der Waals surface area (Å²) in [7, 11) is 0. The first-order valence-electron chi connectivity index (χ1n) is 7.97. The van der Waals surface area contributed by atoms with Crippen molar-refractivity contribution >= 4 is 28.8 Å². The highest BCUT2D eigenvalue weighted by Crippen LogP contribution is 2.26. The lowest BCUT2D eigenvalue weighted by molar-refractivity contribution is 0.282. The molecule has 8 heteroatoms. The van der Waals surface area contributed by atoms with Crippen LogP contribution >= 0.6 is 23.2 Å². The van der Waals surface area contributed by atoms with Crippen molar-refractivity contribution in [3.05, 3.63) is 69.6 Å². The third-order valence-electron chi connectivity index (χ3n) is 4.19. The summed E-state index contributed by atoms with van der Waals surface area (Å²) < 4.78 is 3.60. The highest BCUT2D eigenvalue weighted by atomic mass is 35.5. The van der Waals surface area contributed by atoms with E-state index < -0.39 is 0 Å². The van der Waals surface area contributed by atoms with Crippen molar-refractivity contribution in [1.82, 2.24) is 24.4 Å². The summed E-state index contributed by atoms with van der Waals surface area (Å²) in [5.74, 6) is 0. The van der Waals surface area contributed by atoms with Gasteiger partial charge in [0.15, 0.2) is 0 Å². The predicted molar refractivity (Wildman–Crippen MR) is 100 cm³/mol. The molecule has 0 aliphatic rings. The van der Waals surface area contributed by atoms with Crippen LogP contribution in [0.5, 0.6) is 0 Å². The van der Waals surface area contributed by atoms with Gasteiger partial charge in [0.25, 0.3) is 0 Å². The van der Waals surface area contributed by atoms with Gasteiger partial charge in [-0.05, 0) is 47.9 Å². The smallest absolute Gasteiger partial charge is 0.137 e. The number of halogens is 2. The number of benzene rings is 1. The lowest BCUT2D eigenvalue weighted by atomic mass is 10.1. The Balaban J connectivity index is 1.62. The van der Waals surface area contributed by atoms with E-state index in [9.17, 15) is 5.11 Å². The van der Waals surface area contributed by atoms with E-state index in [0.29, 0.717) is 28.0 Å². The molecular weight excluding hydrogens is 373 g/mol. The molecule has 0 amide bonds. The molecule has 0 unspecified atom stereocenters. The summed E-state index contributed by atoms with van der Waals surface area (Å²) in [5.41, 5.74) is 4.76.